The lowest BCUT2D eigenvalue weighted by atomic mass is 10.1. The lowest BCUT2D eigenvalue weighted by Crippen LogP contribution is -2.02. The van der Waals surface area contributed by atoms with E-state index in [1.54, 1.807) is 18.2 Å². The summed E-state index contributed by atoms with van der Waals surface area (Å²) in [4.78, 5) is 16.9. The van der Waals surface area contributed by atoms with Crippen molar-refractivity contribution in [1.29, 1.82) is 0 Å². The van der Waals surface area contributed by atoms with Crippen LogP contribution in [0.1, 0.15) is 15.2 Å². The number of carbonyl (C=O) groups excluding carboxylic acids is 1. The van der Waals surface area contributed by atoms with Crippen LogP contribution in [-0.4, -0.2) is 10.8 Å². The third-order valence-electron chi connectivity index (χ3n) is 3.04. The molecule has 0 atom stereocenters. The highest BCUT2D eigenvalue weighted by Gasteiger charge is 2.18. The van der Waals surface area contributed by atoms with Crippen LogP contribution in [-0.2, 0) is 0 Å². The van der Waals surface area contributed by atoms with Crippen LogP contribution < -0.4 is 11.1 Å². The van der Waals surface area contributed by atoms with Crippen molar-refractivity contribution >= 4 is 45.4 Å². The Hall–Kier alpha value is -2.44. The molecule has 0 unspecified atom stereocenters. The van der Waals surface area contributed by atoms with E-state index in [0.29, 0.717) is 20.6 Å². The van der Waals surface area contributed by atoms with Gasteiger partial charge in [-0.3, -0.25) is 4.79 Å². The van der Waals surface area contributed by atoms with Crippen LogP contribution in [0.4, 0.5) is 21.0 Å². The predicted octanol–water partition coefficient (Wildman–Crippen LogP) is 4.49. The number of nitrogens with one attached hydrogen (secondary N) is 1. The Morgan fingerprint density at radius 2 is 1.96 bits per heavy atom. The summed E-state index contributed by atoms with van der Waals surface area (Å²) in [5.41, 5.74) is 6.93. The van der Waals surface area contributed by atoms with Crippen molar-refractivity contribution in [2.75, 3.05) is 11.1 Å². The molecule has 1 aromatic heterocycles. The van der Waals surface area contributed by atoms with Gasteiger partial charge in [-0.05, 0) is 42.5 Å². The minimum absolute atomic E-state index is 0.133. The Morgan fingerprint density at radius 3 is 2.65 bits per heavy atom. The van der Waals surface area contributed by atoms with Crippen LogP contribution in [0.3, 0.4) is 0 Å². The number of halogens is 2. The first-order valence-corrected chi connectivity index (χ1v) is 7.81. The SMILES string of the molecule is Nc1nc(Nc2cccc(Cl)c2)sc1C(=O)c1ccc(F)cc1. The third-order valence-corrected chi connectivity index (χ3v) is 4.26. The molecule has 0 saturated heterocycles. The fourth-order valence-electron chi connectivity index (χ4n) is 1.97. The summed E-state index contributed by atoms with van der Waals surface area (Å²) < 4.78 is 12.9. The highest BCUT2D eigenvalue weighted by molar-refractivity contribution is 7.18. The van der Waals surface area contributed by atoms with Crippen molar-refractivity contribution < 1.29 is 9.18 Å². The fourth-order valence-corrected chi connectivity index (χ4v) is 3.03. The summed E-state index contributed by atoms with van der Waals surface area (Å²) in [7, 11) is 0. The minimum Gasteiger partial charge on any atom is -0.382 e. The molecule has 0 radical (unpaired) electrons. The normalized spacial score (nSPS) is 10.5. The number of ketones is 1. The molecule has 0 aliphatic heterocycles. The molecule has 4 nitrogen and oxygen atoms in total. The summed E-state index contributed by atoms with van der Waals surface area (Å²) in [6, 6.07) is 12.4. The van der Waals surface area contributed by atoms with E-state index in [1.807, 2.05) is 6.07 Å². The molecule has 1 heterocycles. The molecule has 0 bridgehead atoms. The molecule has 23 heavy (non-hydrogen) atoms. The first-order chi connectivity index (χ1) is 11.0. The number of nitrogens with two attached hydrogens (primary N) is 1. The Kier molecular flexibility index (Phi) is 4.27. The molecular weight excluding hydrogens is 337 g/mol. The molecule has 7 heteroatoms. The largest absolute Gasteiger partial charge is 0.382 e. The second-order valence-corrected chi connectivity index (χ2v) is 6.14. The van der Waals surface area contributed by atoms with Crippen LogP contribution in [0.25, 0.3) is 0 Å². The second-order valence-electron chi connectivity index (χ2n) is 4.70. The Morgan fingerprint density at radius 1 is 1.22 bits per heavy atom. The molecule has 3 aromatic rings. The van der Waals surface area contributed by atoms with Gasteiger partial charge in [-0.1, -0.05) is 29.0 Å². The van der Waals surface area contributed by atoms with Gasteiger partial charge in [-0.15, -0.1) is 0 Å². The van der Waals surface area contributed by atoms with Gasteiger partial charge >= 0.3 is 0 Å². The van der Waals surface area contributed by atoms with Crippen LogP contribution in [0.5, 0.6) is 0 Å². The molecule has 0 fully saturated rings. The average molecular weight is 348 g/mol. The van der Waals surface area contributed by atoms with E-state index in [0.717, 1.165) is 17.0 Å². The van der Waals surface area contributed by atoms with E-state index in [1.165, 1.54) is 24.3 Å². The molecule has 0 amide bonds. The number of nitrogens with zero attached hydrogens (tertiary/aromatic N) is 1. The van der Waals surface area contributed by atoms with Gasteiger partial charge in [0, 0.05) is 16.3 Å². The zero-order chi connectivity index (χ0) is 16.4. The van der Waals surface area contributed by atoms with Gasteiger partial charge in [0.05, 0.1) is 0 Å². The number of benzene rings is 2. The number of hydrogen-bond donors (Lipinski definition) is 2. The number of anilines is 3. The van der Waals surface area contributed by atoms with Gasteiger partial charge in [-0.2, -0.15) is 0 Å². The fraction of sp³-hybridized carbons (Fsp3) is 0. The summed E-state index contributed by atoms with van der Waals surface area (Å²) in [5.74, 6) is -0.560. The summed E-state index contributed by atoms with van der Waals surface area (Å²) in [6.07, 6.45) is 0. The first kappa shape index (κ1) is 15.5. The summed E-state index contributed by atoms with van der Waals surface area (Å²) in [6.45, 7) is 0. The van der Waals surface area contributed by atoms with Crippen molar-refractivity contribution in [2.45, 2.75) is 0 Å². The molecule has 2 aromatic carbocycles. The zero-order valence-electron chi connectivity index (χ0n) is 11.7. The lowest BCUT2D eigenvalue weighted by molar-refractivity contribution is 0.104. The van der Waals surface area contributed by atoms with Crippen molar-refractivity contribution in [3.05, 3.63) is 69.8 Å². The highest BCUT2D eigenvalue weighted by atomic mass is 35.5. The molecule has 0 aliphatic rings. The van der Waals surface area contributed by atoms with Gasteiger partial charge in [-0.25, -0.2) is 9.37 Å². The molecule has 3 N–H and O–H groups in total. The van der Waals surface area contributed by atoms with E-state index in [2.05, 4.69) is 10.3 Å². The average Bonchev–Trinajstić information content (AvgIpc) is 2.88. The molecule has 0 saturated carbocycles. The maximum atomic E-state index is 12.9. The molecule has 116 valence electrons. The molecule has 0 aliphatic carbocycles. The molecule has 0 spiro atoms. The standard InChI is InChI=1S/C16H11ClFN3OS/c17-10-2-1-3-12(8-10)20-16-21-15(19)14(23-16)13(22)9-4-6-11(18)7-5-9/h1-8H,19H2,(H,20,21). The van der Waals surface area contributed by atoms with Gasteiger partial charge in [0.15, 0.2) is 5.13 Å². The smallest absolute Gasteiger partial charge is 0.206 e. The van der Waals surface area contributed by atoms with E-state index in [9.17, 15) is 9.18 Å². The van der Waals surface area contributed by atoms with Crippen molar-refractivity contribution in [1.82, 2.24) is 4.98 Å². The molecule has 3 rings (SSSR count). The quantitative estimate of drug-likeness (QED) is 0.682. The minimum atomic E-state index is -0.401. The van der Waals surface area contributed by atoms with Gasteiger partial charge in [0.1, 0.15) is 16.5 Å². The van der Waals surface area contributed by atoms with Gasteiger partial charge in [0.2, 0.25) is 5.78 Å². The van der Waals surface area contributed by atoms with Crippen LogP contribution >= 0.6 is 22.9 Å². The lowest BCUT2D eigenvalue weighted by Gasteiger charge is -2.01. The van der Waals surface area contributed by atoms with Gasteiger partial charge < -0.3 is 11.1 Å². The Bertz CT molecular complexity index is 864. The van der Waals surface area contributed by atoms with Crippen molar-refractivity contribution in [2.24, 2.45) is 0 Å². The highest BCUT2D eigenvalue weighted by Crippen LogP contribution is 2.30. The third kappa shape index (κ3) is 3.49. The number of thiazole rings is 1. The summed E-state index contributed by atoms with van der Waals surface area (Å²) in [5, 5.41) is 4.12. The van der Waals surface area contributed by atoms with E-state index < -0.39 is 5.82 Å². The number of nitrogen functional groups attached to an aromatic ring is 1. The number of hydrogen-bond acceptors (Lipinski definition) is 5. The summed E-state index contributed by atoms with van der Waals surface area (Å²) >= 11 is 7.06. The van der Waals surface area contributed by atoms with Crippen molar-refractivity contribution in [3.8, 4) is 0 Å². The van der Waals surface area contributed by atoms with Crippen LogP contribution in [0.15, 0.2) is 48.5 Å². The monoisotopic (exact) mass is 347 g/mol. The van der Waals surface area contributed by atoms with Crippen LogP contribution in [0.2, 0.25) is 5.02 Å². The maximum Gasteiger partial charge on any atom is 0.206 e. The number of carbonyl (C=O) groups is 1. The van der Waals surface area contributed by atoms with E-state index >= 15 is 0 Å². The topological polar surface area (TPSA) is 68.0 Å². The van der Waals surface area contributed by atoms with Crippen LogP contribution in [0, 0.1) is 5.82 Å². The number of aromatic nitrogens is 1. The van der Waals surface area contributed by atoms with E-state index in [4.69, 9.17) is 17.3 Å². The first-order valence-electron chi connectivity index (χ1n) is 6.62. The second kappa shape index (κ2) is 6.36. The molecular formula is C16H11ClFN3OS. The van der Waals surface area contributed by atoms with E-state index in [-0.39, 0.29) is 11.6 Å². The number of rotatable bonds is 4. The predicted molar refractivity (Wildman–Crippen MR) is 91.1 cm³/mol. The zero-order valence-corrected chi connectivity index (χ0v) is 13.3. The van der Waals surface area contributed by atoms with Gasteiger partial charge in [0.25, 0.3) is 0 Å². The Balaban J connectivity index is 1.86. The van der Waals surface area contributed by atoms with Crippen molar-refractivity contribution in [3.63, 3.8) is 0 Å². The maximum absolute atomic E-state index is 12.9. The Labute approximate surface area is 140 Å².